The molecule has 1 aliphatic heterocycles. The van der Waals surface area contributed by atoms with E-state index < -0.39 is 0 Å². The first-order chi connectivity index (χ1) is 12.5. The van der Waals surface area contributed by atoms with Crippen molar-refractivity contribution in [2.45, 2.75) is 0 Å². The number of amides is 2. The van der Waals surface area contributed by atoms with Crippen LogP contribution in [-0.4, -0.2) is 23.6 Å². The lowest BCUT2D eigenvalue weighted by molar-refractivity contribution is -0.118. The largest absolute Gasteiger partial charge is 0.484 e. The lowest BCUT2D eigenvalue weighted by Crippen LogP contribution is -2.20. The number of amidine groups is 1. The maximum absolute atomic E-state index is 11.9. The van der Waals surface area contributed by atoms with Crippen molar-refractivity contribution < 1.29 is 14.3 Å². The smallest absolute Gasteiger partial charge is 0.286 e. The molecule has 0 atom stereocenters. The van der Waals surface area contributed by atoms with E-state index in [-0.39, 0.29) is 23.6 Å². The number of nitrogens with two attached hydrogens (primary N) is 1. The van der Waals surface area contributed by atoms with Crippen molar-refractivity contribution in [3.05, 3.63) is 63.5 Å². The van der Waals surface area contributed by atoms with Gasteiger partial charge in [-0.1, -0.05) is 28.1 Å². The van der Waals surface area contributed by atoms with Crippen LogP contribution in [0.4, 0.5) is 5.69 Å². The minimum Gasteiger partial charge on any atom is -0.484 e. The molecule has 0 radical (unpaired) electrons. The number of ether oxygens (including phenoxy) is 1. The first-order valence-electron chi connectivity index (χ1n) is 7.56. The third-order valence-corrected chi connectivity index (χ3v) is 4.65. The Morgan fingerprint density at radius 1 is 1.19 bits per heavy atom. The molecule has 0 aliphatic carbocycles. The van der Waals surface area contributed by atoms with Gasteiger partial charge in [0, 0.05) is 10.2 Å². The fourth-order valence-corrected chi connectivity index (χ4v) is 3.06. The molecule has 8 heteroatoms. The second kappa shape index (κ2) is 8.20. The van der Waals surface area contributed by atoms with Gasteiger partial charge in [0.25, 0.3) is 11.8 Å². The van der Waals surface area contributed by atoms with Crippen LogP contribution in [0.2, 0.25) is 0 Å². The normalized spacial score (nSPS) is 15.0. The summed E-state index contributed by atoms with van der Waals surface area (Å²) < 4.78 is 6.41. The zero-order chi connectivity index (χ0) is 18.5. The highest BCUT2D eigenvalue weighted by molar-refractivity contribution is 9.10. The maximum atomic E-state index is 11.9. The van der Waals surface area contributed by atoms with Gasteiger partial charge in [0.15, 0.2) is 11.8 Å². The number of thioether (sulfide) groups is 1. The van der Waals surface area contributed by atoms with Gasteiger partial charge in [-0.05, 0) is 59.8 Å². The van der Waals surface area contributed by atoms with Crippen LogP contribution >= 0.6 is 27.7 Å². The Hall–Kier alpha value is -2.58. The molecular weight excluding hydrogens is 418 g/mol. The number of nitrogens with zero attached hydrogens (tertiary/aromatic N) is 1. The summed E-state index contributed by atoms with van der Waals surface area (Å²) in [7, 11) is 0. The lowest BCUT2D eigenvalue weighted by atomic mass is 10.2. The molecule has 2 aromatic rings. The van der Waals surface area contributed by atoms with Crippen LogP contribution in [-0.2, 0) is 9.59 Å². The van der Waals surface area contributed by atoms with Crippen molar-refractivity contribution in [2.75, 3.05) is 11.9 Å². The first kappa shape index (κ1) is 18.2. The molecule has 3 N–H and O–H groups in total. The third-order valence-electron chi connectivity index (χ3n) is 3.31. The number of anilines is 1. The molecule has 0 unspecified atom stereocenters. The van der Waals surface area contributed by atoms with Gasteiger partial charge in [-0.3, -0.25) is 9.59 Å². The summed E-state index contributed by atoms with van der Waals surface area (Å²) >= 11 is 4.48. The number of aliphatic imine (C=N–C) groups is 1. The highest BCUT2D eigenvalue weighted by atomic mass is 79.9. The second-order valence-electron chi connectivity index (χ2n) is 5.28. The summed E-state index contributed by atoms with van der Waals surface area (Å²) in [6.07, 6.45) is 1.71. The molecular formula is C18H14BrN3O3S. The Bertz CT molecular complexity index is 893. The van der Waals surface area contributed by atoms with E-state index in [2.05, 4.69) is 26.2 Å². The summed E-state index contributed by atoms with van der Waals surface area (Å²) in [6.45, 7) is -0.102. The Labute approximate surface area is 162 Å². The minimum absolute atomic E-state index is 0.102. The van der Waals surface area contributed by atoms with Crippen molar-refractivity contribution in [1.29, 1.82) is 0 Å². The molecule has 0 spiro atoms. The molecule has 132 valence electrons. The Balaban J connectivity index is 1.53. The van der Waals surface area contributed by atoms with E-state index in [1.54, 1.807) is 42.5 Å². The molecule has 0 aromatic heterocycles. The van der Waals surface area contributed by atoms with Crippen molar-refractivity contribution in [1.82, 2.24) is 0 Å². The molecule has 0 saturated heterocycles. The van der Waals surface area contributed by atoms with E-state index in [0.717, 1.165) is 21.8 Å². The van der Waals surface area contributed by atoms with Gasteiger partial charge in [-0.25, -0.2) is 0 Å². The number of carbonyl (C=O) groups is 2. The molecule has 2 amide bonds. The fraction of sp³-hybridized carbons (Fsp3) is 0.0556. The number of benzene rings is 2. The third kappa shape index (κ3) is 4.96. The summed E-state index contributed by atoms with van der Waals surface area (Å²) in [5.41, 5.74) is 7.03. The van der Waals surface area contributed by atoms with Crippen molar-refractivity contribution in [3.8, 4) is 5.75 Å². The fourth-order valence-electron chi connectivity index (χ4n) is 2.12. The zero-order valence-corrected chi connectivity index (χ0v) is 15.8. The van der Waals surface area contributed by atoms with Gasteiger partial charge in [0.2, 0.25) is 0 Å². The molecule has 1 heterocycles. The highest BCUT2D eigenvalue weighted by Crippen LogP contribution is 2.26. The SMILES string of the molecule is NC1=NC(=O)/C(=C/c2ccc(OCC(=O)Nc3ccc(Br)cc3)cc2)S1. The van der Waals surface area contributed by atoms with E-state index in [0.29, 0.717) is 16.3 Å². The Morgan fingerprint density at radius 3 is 2.50 bits per heavy atom. The van der Waals surface area contributed by atoms with E-state index in [9.17, 15) is 9.59 Å². The van der Waals surface area contributed by atoms with E-state index >= 15 is 0 Å². The van der Waals surface area contributed by atoms with Crippen LogP contribution in [0.25, 0.3) is 6.08 Å². The molecule has 0 bridgehead atoms. The van der Waals surface area contributed by atoms with Gasteiger partial charge in [0.05, 0.1) is 4.91 Å². The highest BCUT2D eigenvalue weighted by Gasteiger charge is 2.19. The summed E-state index contributed by atoms with van der Waals surface area (Å²) in [6, 6.07) is 14.3. The molecule has 26 heavy (non-hydrogen) atoms. The number of rotatable bonds is 5. The number of nitrogens with one attached hydrogen (secondary N) is 1. The van der Waals surface area contributed by atoms with Crippen LogP contribution in [0.1, 0.15) is 5.56 Å². The van der Waals surface area contributed by atoms with Crippen LogP contribution in [0.5, 0.6) is 5.75 Å². The molecule has 2 aromatic carbocycles. The van der Waals surface area contributed by atoms with Gasteiger partial charge >= 0.3 is 0 Å². The molecule has 0 saturated carbocycles. The van der Waals surface area contributed by atoms with Crippen molar-refractivity contribution in [3.63, 3.8) is 0 Å². The maximum Gasteiger partial charge on any atom is 0.286 e. The van der Waals surface area contributed by atoms with Gasteiger partial charge < -0.3 is 15.8 Å². The van der Waals surface area contributed by atoms with E-state index in [1.165, 1.54) is 0 Å². The summed E-state index contributed by atoms with van der Waals surface area (Å²) in [5, 5.41) is 3.00. The van der Waals surface area contributed by atoms with Gasteiger partial charge in [-0.2, -0.15) is 4.99 Å². The Morgan fingerprint density at radius 2 is 1.88 bits per heavy atom. The predicted octanol–water partition coefficient (Wildman–Crippen LogP) is 3.40. The second-order valence-corrected chi connectivity index (χ2v) is 7.26. The first-order valence-corrected chi connectivity index (χ1v) is 9.17. The van der Waals surface area contributed by atoms with E-state index in [4.69, 9.17) is 10.5 Å². The van der Waals surface area contributed by atoms with Crippen molar-refractivity contribution in [2.24, 2.45) is 10.7 Å². The predicted molar refractivity (Wildman–Crippen MR) is 107 cm³/mol. The number of carbonyl (C=O) groups excluding carboxylic acids is 2. The molecule has 3 rings (SSSR count). The molecule has 6 nitrogen and oxygen atoms in total. The summed E-state index contributed by atoms with van der Waals surface area (Å²) in [5.74, 6) is -0.0317. The molecule has 1 aliphatic rings. The van der Waals surface area contributed by atoms with Crippen LogP contribution in [0, 0.1) is 0 Å². The molecule has 0 fully saturated rings. The topological polar surface area (TPSA) is 93.8 Å². The van der Waals surface area contributed by atoms with Crippen LogP contribution in [0.15, 0.2) is 62.9 Å². The number of halogens is 1. The van der Waals surface area contributed by atoms with Gasteiger partial charge in [-0.15, -0.1) is 0 Å². The Kier molecular flexibility index (Phi) is 5.75. The average Bonchev–Trinajstić information content (AvgIpc) is 2.93. The number of hydrogen-bond donors (Lipinski definition) is 2. The minimum atomic E-state index is -0.336. The quantitative estimate of drug-likeness (QED) is 0.707. The van der Waals surface area contributed by atoms with Crippen LogP contribution in [0.3, 0.4) is 0 Å². The van der Waals surface area contributed by atoms with Crippen LogP contribution < -0.4 is 15.8 Å². The standard InChI is InChI=1S/C18H14BrN3O3S/c19-12-3-5-13(6-4-12)21-16(23)10-25-14-7-1-11(2-8-14)9-15-17(24)22-18(20)26-15/h1-9H,10H2,(H,21,23)(H2,20,22,24)/b15-9-. The van der Waals surface area contributed by atoms with Gasteiger partial charge in [0.1, 0.15) is 5.75 Å². The lowest BCUT2D eigenvalue weighted by Gasteiger charge is -2.08. The number of hydrogen-bond acceptors (Lipinski definition) is 5. The van der Waals surface area contributed by atoms with E-state index in [1.807, 2.05) is 12.1 Å². The zero-order valence-electron chi connectivity index (χ0n) is 13.4. The average molecular weight is 432 g/mol. The summed E-state index contributed by atoms with van der Waals surface area (Å²) in [4.78, 5) is 27.6. The van der Waals surface area contributed by atoms with Crippen molar-refractivity contribution >= 4 is 56.4 Å². The monoisotopic (exact) mass is 431 g/mol.